The number of carbonyl (C=O) groups excluding carboxylic acids is 2. The molecule has 1 amide bonds. The first kappa shape index (κ1) is 21.6. The molecule has 0 fully saturated rings. The van der Waals surface area contributed by atoms with E-state index >= 15 is 0 Å². The Hall–Kier alpha value is -2.44. The van der Waals surface area contributed by atoms with Gasteiger partial charge in [0.2, 0.25) is 0 Å². The summed E-state index contributed by atoms with van der Waals surface area (Å²) in [7, 11) is 0. The van der Waals surface area contributed by atoms with Crippen LogP contribution >= 0.6 is 0 Å². The van der Waals surface area contributed by atoms with Gasteiger partial charge in [0, 0.05) is 17.4 Å². The fraction of sp³-hybridized carbons (Fsp3) is 0.579. The van der Waals surface area contributed by atoms with Gasteiger partial charge >= 0.3 is 12.1 Å². The third-order valence-corrected chi connectivity index (χ3v) is 3.19. The maximum atomic E-state index is 12.2. The lowest BCUT2D eigenvalue weighted by molar-refractivity contribution is -0.155. The molecule has 0 radical (unpaired) electrons. The number of hydrogen-bond acceptors (Lipinski definition) is 6. The number of anilines is 2. The summed E-state index contributed by atoms with van der Waals surface area (Å²) in [6.45, 7) is 10.7. The van der Waals surface area contributed by atoms with Gasteiger partial charge in [-0.05, 0) is 71.7 Å². The van der Waals surface area contributed by atoms with Crippen LogP contribution in [0.3, 0.4) is 0 Å². The first-order valence-corrected chi connectivity index (χ1v) is 8.60. The molecule has 0 aromatic heterocycles. The predicted octanol–water partition coefficient (Wildman–Crippen LogP) is 3.02. The van der Waals surface area contributed by atoms with Gasteiger partial charge in [-0.1, -0.05) is 0 Å². The van der Waals surface area contributed by atoms with E-state index in [1.165, 1.54) is 0 Å². The van der Waals surface area contributed by atoms with E-state index in [4.69, 9.17) is 20.9 Å². The summed E-state index contributed by atoms with van der Waals surface area (Å²) in [4.78, 5) is 24.3. The first-order chi connectivity index (χ1) is 11.7. The number of hydrogen-bond donors (Lipinski definition) is 3. The molecule has 0 aliphatic rings. The average Bonchev–Trinajstić information content (AvgIpc) is 2.38. The highest BCUT2D eigenvalue weighted by Crippen LogP contribution is 2.19. The minimum absolute atomic E-state index is 0.00917. The molecule has 1 aromatic rings. The van der Waals surface area contributed by atoms with Crippen molar-refractivity contribution in [3.8, 4) is 0 Å². The zero-order chi connectivity index (χ0) is 20.1. The van der Waals surface area contributed by atoms with Crippen molar-refractivity contribution in [3.05, 3.63) is 23.8 Å². The van der Waals surface area contributed by atoms with Crippen molar-refractivity contribution >= 4 is 23.4 Å². The van der Waals surface area contributed by atoms with E-state index in [2.05, 4.69) is 5.32 Å². The van der Waals surface area contributed by atoms with Crippen molar-refractivity contribution in [2.45, 2.75) is 71.6 Å². The zero-order valence-corrected chi connectivity index (χ0v) is 16.5. The van der Waals surface area contributed by atoms with E-state index in [0.29, 0.717) is 17.8 Å². The van der Waals surface area contributed by atoms with E-state index < -0.39 is 29.3 Å². The molecule has 26 heavy (non-hydrogen) atoms. The third-order valence-electron chi connectivity index (χ3n) is 3.19. The van der Waals surface area contributed by atoms with Crippen LogP contribution in [0.2, 0.25) is 0 Å². The second-order valence-corrected chi connectivity index (χ2v) is 8.30. The Bertz CT molecular complexity index is 615. The Labute approximate surface area is 155 Å². The molecule has 0 aliphatic carbocycles. The van der Waals surface area contributed by atoms with Crippen LogP contribution in [0.1, 0.15) is 53.5 Å². The summed E-state index contributed by atoms with van der Waals surface area (Å²) in [5.74, 6) is -0.416. The molecule has 1 rings (SSSR count). The van der Waals surface area contributed by atoms with Gasteiger partial charge in [0.1, 0.15) is 11.2 Å². The van der Waals surface area contributed by atoms with Gasteiger partial charge in [0.05, 0.1) is 6.42 Å². The molecular formula is C19H31N3O4. The molecule has 146 valence electrons. The lowest BCUT2D eigenvalue weighted by Crippen LogP contribution is -2.42. The summed E-state index contributed by atoms with van der Waals surface area (Å²) in [5, 5.41) is 2.73. The largest absolute Gasteiger partial charge is 0.460 e. The number of benzene rings is 1. The SMILES string of the molecule is CC(C)(C)OC(=O)C[C@H](Cc1cc(N)ccc1N)NC(=O)OC(C)(C)C. The number of amides is 1. The predicted molar refractivity (Wildman–Crippen MR) is 103 cm³/mol. The molecule has 0 spiro atoms. The summed E-state index contributed by atoms with van der Waals surface area (Å²) >= 11 is 0. The van der Waals surface area contributed by atoms with Crippen LogP contribution < -0.4 is 16.8 Å². The average molecular weight is 365 g/mol. The van der Waals surface area contributed by atoms with Gasteiger partial charge in [0.25, 0.3) is 0 Å². The Morgan fingerprint density at radius 3 is 2.15 bits per heavy atom. The molecule has 0 heterocycles. The first-order valence-electron chi connectivity index (χ1n) is 8.60. The van der Waals surface area contributed by atoms with Crippen LogP contribution in [0.15, 0.2) is 18.2 Å². The smallest absolute Gasteiger partial charge is 0.407 e. The fourth-order valence-electron chi connectivity index (χ4n) is 2.30. The molecule has 5 N–H and O–H groups in total. The Morgan fingerprint density at radius 2 is 1.62 bits per heavy atom. The number of ether oxygens (including phenoxy) is 2. The van der Waals surface area contributed by atoms with Gasteiger partial charge < -0.3 is 26.3 Å². The highest BCUT2D eigenvalue weighted by Gasteiger charge is 2.25. The lowest BCUT2D eigenvalue weighted by Gasteiger charge is -2.25. The van der Waals surface area contributed by atoms with E-state index in [0.717, 1.165) is 5.56 Å². The molecular weight excluding hydrogens is 334 g/mol. The number of esters is 1. The molecule has 7 heteroatoms. The zero-order valence-electron chi connectivity index (χ0n) is 16.5. The summed E-state index contributed by atoms with van der Waals surface area (Å²) in [6, 6.07) is 4.59. The molecule has 0 aliphatic heterocycles. The quantitative estimate of drug-likeness (QED) is 0.545. The van der Waals surface area contributed by atoms with Crippen molar-refractivity contribution < 1.29 is 19.1 Å². The maximum Gasteiger partial charge on any atom is 0.407 e. The summed E-state index contributed by atoms with van der Waals surface area (Å²) in [5.41, 5.74) is 12.4. The van der Waals surface area contributed by atoms with E-state index in [1.54, 1.807) is 59.7 Å². The molecule has 0 bridgehead atoms. The van der Waals surface area contributed by atoms with Crippen LogP contribution in [0.25, 0.3) is 0 Å². The highest BCUT2D eigenvalue weighted by atomic mass is 16.6. The minimum atomic E-state index is -0.642. The van der Waals surface area contributed by atoms with Gasteiger partial charge in [-0.15, -0.1) is 0 Å². The number of nitrogens with two attached hydrogens (primary N) is 2. The van der Waals surface area contributed by atoms with Crippen molar-refractivity contribution in [1.82, 2.24) is 5.32 Å². The summed E-state index contributed by atoms with van der Waals surface area (Å²) in [6.07, 6.45) is -0.284. The fourth-order valence-corrected chi connectivity index (χ4v) is 2.30. The van der Waals surface area contributed by atoms with Crippen LogP contribution in [0, 0.1) is 0 Å². The van der Waals surface area contributed by atoms with Gasteiger partial charge in [0.15, 0.2) is 0 Å². The number of carbonyl (C=O) groups is 2. The van der Waals surface area contributed by atoms with E-state index in [-0.39, 0.29) is 6.42 Å². The molecule has 0 unspecified atom stereocenters. The van der Waals surface area contributed by atoms with E-state index in [1.807, 2.05) is 0 Å². The molecule has 0 saturated heterocycles. The second-order valence-electron chi connectivity index (χ2n) is 8.30. The van der Waals surface area contributed by atoms with Crippen LogP contribution in [0.4, 0.5) is 16.2 Å². The van der Waals surface area contributed by atoms with Crippen molar-refractivity contribution in [3.63, 3.8) is 0 Å². The number of alkyl carbamates (subject to hydrolysis) is 1. The van der Waals surface area contributed by atoms with E-state index in [9.17, 15) is 9.59 Å². The third kappa shape index (κ3) is 8.60. The molecule has 1 aromatic carbocycles. The Balaban J connectivity index is 2.91. The number of rotatable bonds is 5. The lowest BCUT2D eigenvalue weighted by atomic mass is 10.0. The van der Waals surface area contributed by atoms with Crippen molar-refractivity contribution in [2.75, 3.05) is 11.5 Å². The molecule has 0 saturated carbocycles. The van der Waals surface area contributed by atoms with Crippen molar-refractivity contribution in [2.24, 2.45) is 0 Å². The van der Waals surface area contributed by atoms with Crippen LogP contribution in [-0.2, 0) is 20.7 Å². The highest BCUT2D eigenvalue weighted by molar-refractivity contribution is 5.73. The summed E-state index contributed by atoms with van der Waals surface area (Å²) < 4.78 is 10.6. The van der Waals surface area contributed by atoms with Crippen LogP contribution in [0.5, 0.6) is 0 Å². The Morgan fingerprint density at radius 1 is 1.04 bits per heavy atom. The van der Waals surface area contributed by atoms with Crippen LogP contribution in [-0.4, -0.2) is 29.3 Å². The standard InChI is InChI=1S/C19H31N3O4/c1-18(2,3)25-16(23)11-14(22-17(24)26-19(4,5)6)10-12-9-13(20)7-8-15(12)21/h7-9,14H,10-11,20-21H2,1-6H3,(H,22,24)/t14-/m0/s1. The van der Waals surface area contributed by atoms with Gasteiger partial charge in [-0.2, -0.15) is 0 Å². The van der Waals surface area contributed by atoms with Gasteiger partial charge in [-0.25, -0.2) is 4.79 Å². The molecule has 7 nitrogen and oxygen atoms in total. The maximum absolute atomic E-state index is 12.2. The number of nitrogen functional groups attached to an aromatic ring is 2. The Kier molecular flexibility index (Phi) is 6.89. The topological polar surface area (TPSA) is 117 Å². The minimum Gasteiger partial charge on any atom is -0.460 e. The molecule has 1 atom stereocenters. The normalized spacial score (nSPS) is 13.0. The van der Waals surface area contributed by atoms with Gasteiger partial charge in [-0.3, -0.25) is 4.79 Å². The number of nitrogens with one attached hydrogen (secondary N) is 1. The van der Waals surface area contributed by atoms with Crippen molar-refractivity contribution in [1.29, 1.82) is 0 Å². The second kappa shape index (κ2) is 8.29. The monoisotopic (exact) mass is 365 g/mol.